The van der Waals surface area contributed by atoms with Gasteiger partial charge in [-0.2, -0.15) is 0 Å². The second-order valence-corrected chi connectivity index (χ2v) is 2.96. The van der Waals surface area contributed by atoms with E-state index in [9.17, 15) is 4.79 Å². The van der Waals surface area contributed by atoms with Crippen molar-refractivity contribution in [2.75, 3.05) is 0 Å². The number of carbonyl (C=O) groups is 1. The molecular formula is C9H8N2O4. The second kappa shape index (κ2) is 3.56. The van der Waals surface area contributed by atoms with Gasteiger partial charge in [0.25, 0.3) is 0 Å². The van der Waals surface area contributed by atoms with Crippen LogP contribution in [0.1, 0.15) is 11.6 Å². The summed E-state index contributed by atoms with van der Waals surface area (Å²) in [6, 6.07) is 0. The molecule has 6 nitrogen and oxygen atoms in total. The Hall–Kier alpha value is -2.11. The number of rotatable bonds is 3. The van der Waals surface area contributed by atoms with E-state index in [1.807, 2.05) is 0 Å². The largest absolute Gasteiger partial charge is 0.481 e. The summed E-state index contributed by atoms with van der Waals surface area (Å²) in [6.07, 6.45) is 2.48. The zero-order valence-electron chi connectivity index (χ0n) is 7.93. The standard InChI is InChI=1S/C9H8N2O4/c1-5-9(14-4-11-5)6-3-10-7(15-6)2-8(12)13/h3-4H,2H2,1H3,(H,12,13). The zero-order chi connectivity index (χ0) is 10.8. The minimum absolute atomic E-state index is 0.147. The van der Waals surface area contributed by atoms with E-state index in [4.69, 9.17) is 13.9 Å². The molecule has 6 heteroatoms. The van der Waals surface area contributed by atoms with Crippen molar-refractivity contribution in [1.29, 1.82) is 0 Å². The number of aliphatic carboxylic acids is 1. The van der Waals surface area contributed by atoms with E-state index in [-0.39, 0.29) is 12.3 Å². The minimum atomic E-state index is -0.988. The third kappa shape index (κ3) is 1.88. The Balaban J connectivity index is 2.28. The predicted octanol–water partition coefficient (Wildman–Crippen LogP) is 1.27. The molecule has 0 amide bonds. The third-order valence-electron chi connectivity index (χ3n) is 1.83. The summed E-state index contributed by atoms with van der Waals surface area (Å²) in [7, 11) is 0. The fraction of sp³-hybridized carbons (Fsp3) is 0.222. The molecule has 0 unspecified atom stereocenters. The smallest absolute Gasteiger partial charge is 0.312 e. The molecular weight excluding hydrogens is 200 g/mol. The number of nitrogens with zero attached hydrogens (tertiary/aromatic N) is 2. The van der Waals surface area contributed by atoms with E-state index in [1.54, 1.807) is 6.92 Å². The molecule has 0 aromatic carbocycles. The molecule has 2 rings (SSSR count). The Bertz CT molecular complexity index is 486. The maximum Gasteiger partial charge on any atom is 0.312 e. The maximum absolute atomic E-state index is 10.4. The molecule has 0 aliphatic rings. The fourth-order valence-corrected chi connectivity index (χ4v) is 1.16. The van der Waals surface area contributed by atoms with Gasteiger partial charge in [-0.3, -0.25) is 4.79 Å². The highest BCUT2D eigenvalue weighted by Crippen LogP contribution is 2.23. The summed E-state index contributed by atoms with van der Waals surface area (Å²) in [6.45, 7) is 1.76. The summed E-state index contributed by atoms with van der Waals surface area (Å²) in [5.74, 6) is 0.0198. The van der Waals surface area contributed by atoms with E-state index in [0.29, 0.717) is 17.2 Å². The Kier molecular flexibility index (Phi) is 2.24. The van der Waals surface area contributed by atoms with Crippen LogP contribution >= 0.6 is 0 Å². The Morgan fingerprint density at radius 1 is 1.53 bits per heavy atom. The van der Waals surface area contributed by atoms with Crippen molar-refractivity contribution in [2.45, 2.75) is 13.3 Å². The summed E-state index contributed by atoms with van der Waals surface area (Å²) in [5.41, 5.74) is 0.674. The van der Waals surface area contributed by atoms with Crippen molar-refractivity contribution in [3.8, 4) is 11.5 Å². The lowest BCUT2D eigenvalue weighted by Crippen LogP contribution is -1.99. The third-order valence-corrected chi connectivity index (χ3v) is 1.83. The maximum atomic E-state index is 10.4. The summed E-state index contributed by atoms with van der Waals surface area (Å²) in [5, 5.41) is 8.53. The topological polar surface area (TPSA) is 89.4 Å². The van der Waals surface area contributed by atoms with Crippen molar-refractivity contribution < 1.29 is 18.7 Å². The van der Waals surface area contributed by atoms with Gasteiger partial charge in [0.15, 0.2) is 17.9 Å². The summed E-state index contributed by atoms with van der Waals surface area (Å²) < 4.78 is 10.3. The molecule has 0 radical (unpaired) electrons. The van der Waals surface area contributed by atoms with E-state index >= 15 is 0 Å². The Morgan fingerprint density at radius 2 is 2.33 bits per heavy atom. The molecule has 2 aromatic heterocycles. The van der Waals surface area contributed by atoms with E-state index in [0.717, 1.165) is 0 Å². The van der Waals surface area contributed by atoms with Crippen LogP contribution in [-0.2, 0) is 11.2 Å². The van der Waals surface area contributed by atoms with Gasteiger partial charge in [0, 0.05) is 0 Å². The highest BCUT2D eigenvalue weighted by Gasteiger charge is 2.14. The van der Waals surface area contributed by atoms with Gasteiger partial charge in [-0.05, 0) is 6.92 Å². The molecule has 0 fully saturated rings. The van der Waals surface area contributed by atoms with E-state index in [1.165, 1.54) is 12.6 Å². The number of aromatic nitrogens is 2. The molecule has 0 spiro atoms. The van der Waals surface area contributed by atoms with Crippen LogP contribution in [0.15, 0.2) is 21.4 Å². The number of hydrogen-bond donors (Lipinski definition) is 1. The highest BCUT2D eigenvalue weighted by atomic mass is 16.4. The summed E-state index contributed by atoms with van der Waals surface area (Å²) >= 11 is 0. The van der Waals surface area contributed by atoms with Crippen LogP contribution < -0.4 is 0 Å². The first-order chi connectivity index (χ1) is 7.16. The number of carboxylic acids is 1. The van der Waals surface area contributed by atoms with Crippen LogP contribution in [-0.4, -0.2) is 21.0 Å². The van der Waals surface area contributed by atoms with E-state index in [2.05, 4.69) is 9.97 Å². The predicted molar refractivity (Wildman–Crippen MR) is 48.1 cm³/mol. The number of aryl methyl sites for hydroxylation is 1. The summed E-state index contributed by atoms with van der Waals surface area (Å²) in [4.78, 5) is 18.1. The normalized spacial score (nSPS) is 10.5. The highest BCUT2D eigenvalue weighted by molar-refractivity contribution is 5.69. The molecule has 0 bridgehead atoms. The SMILES string of the molecule is Cc1ncoc1-c1cnc(CC(=O)O)o1. The minimum Gasteiger partial charge on any atom is -0.481 e. The first-order valence-electron chi connectivity index (χ1n) is 4.24. The van der Waals surface area contributed by atoms with Crippen LogP contribution in [0.2, 0.25) is 0 Å². The molecule has 0 atom stereocenters. The van der Waals surface area contributed by atoms with Gasteiger partial charge < -0.3 is 13.9 Å². The van der Waals surface area contributed by atoms with Gasteiger partial charge in [-0.1, -0.05) is 0 Å². The molecule has 2 heterocycles. The van der Waals surface area contributed by atoms with Gasteiger partial charge in [0.05, 0.1) is 11.9 Å². The van der Waals surface area contributed by atoms with Gasteiger partial charge in [0.1, 0.15) is 6.42 Å². The van der Waals surface area contributed by atoms with E-state index < -0.39 is 5.97 Å². The van der Waals surface area contributed by atoms with Crippen LogP contribution in [0.4, 0.5) is 0 Å². The van der Waals surface area contributed by atoms with Gasteiger partial charge in [-0.25, -0.2) is 9.97 Å². The number of carboxylic acid groups (broad SMARTS) is 1. The monoisotopic (exact) mass is 208 g/mol. The van der Waals surface area contributed by atoms with Crippen molar-refractivity contribution >= 4 is 5.97 Å². The number of oxazole rings is 2. The average molecular weight is 208 g/mol. The molecule has 0 saturated carbocycles. The van der Waals surface area contributed by atoms with Crippen molar-refractivity contribution in [3.63, 3.8) is 0 Å². The zero-order valence-corrected chi connectivity index (χ0v) is 7.93. The van der Waals surface area contributed by atoms with Crippen LogP contribution in [0.5, 0.6) is 0 Å². The van der Waals surface area contributed by atoms with Crippen LogP contribution in [0, 0.1) is 6.92 Å². The number of hydrogen-bond acceptors (Lipinski definition) is 5. The molecule has 78 valence electrons. The Labute approximate surface area is 84.6 Å². The molecule has 0 aliphatic carbocycles. The lowest BCUT2D eigenvalue weighted by atomic mass is 10.3. The van der Waals surface area contributed by atoms with Crippen LogP contribution in [0.25, 0.3) is 11.5 Å². The molecule has 0 aliphatic heterocycles. The van der Waals surface area contributed by atoms with Crippen molar-refractivity contribution in [2.24, 2.45) is 0 Å². The van der Waals surface area contributed by atoms with Gasteiger partial charge in [0.2, 0.25) is 5.89 Å². The fourth-order valence-electron chi connectivity index (χ4n) is 1.16. The molecule has 1 N–H and O–H groups in total. The first kappa shape index (κ1) is 9.45. The van der Waals surface area contributed by atoms with Crippen molar-refractivity contribution in [1.82, 2.24) is 9.97 Å². The lowest BCUT2D eigenvalue weighted by molar-refractivity contribution is -0.136. The molecule has 0 saturated heterocycles. The molecule has 15 heavy (non-hydrogen) atoms. The quantitative estimate of drug-likeness (QED) is 0.816. The van der Waals surface area contributed by atoms with Gasteiger partial charge in [-0.15, -0.1) is 0 Å². The Morgan fingerprint density at radius 3 is 2.93 bits per heavy atom. The molecule has 2 aromatic rings. The lowest BCUT2D eigenvalue weighted by Gasteiger charge is -1.90. The first-order valence-corrected chi connectivity index (χ1v) is 4.24. The average Bonchev–Trinajstić information content (AvgIpc) is 2.72. The van der Waals surface area contributed by atoms with Gasteiger partial charge >= 0.3 is 5.97 Å². The van der Waals surface area contributed by atoms with Crippen molar-refractivity contribution in [3.05, 3.63) is 24.2 Å². The van der Waals surface area contributed by atoms with Crippen LogP contribution in [0.3, 0.4) is 0 Å². The second-order valence-electron chi connectivity index (χ2n) is 2.96.